The van der Waals surface area contributed by atoms with E-state index >= 15 is 0 Å². The molecule has 12 heteroatoms. The summed E-state index contributed by atoms with van der Waals surface area (Å²) in [5, 5.41) is 18.2. The SMILES string of the molecule is Cc1cc(C)nc(-n2nc(C)cc2NC(=O)c2ccc(S(C)(=O)=O)c([N+](=O)[O-])c2)n1. The van der Waals surface area contributed by atoms with Gasteiger partial charge in [-0.3, -0.25) is 14.9 Å². The molecular formula is C18H18N6O5S. The number of aromatic nitrogens is 4. The van der Waals surface area contributed by atoms with Crippen molar-refractivity contribution in [3.05, 3.63) is 63.1 Å². The van der Waals surface area contributed by atoms with E-state index < -0.39 is 31.3 Å². The van der Waals surface area contributed by atoms with Crippen LogP contribution in [0.4, 0.5) is 11.5 Å². The van der Waals surface area contributed by atoms with E-state index in [2.05, 4.69) is 20.4 Å². The highest BCUT2D eigenvalue weighted by Gasteiger charge is 2.24. The standard InChI is InChI=1S/C18H18N6O5S/c1-10-7-11(2)20-18(19-10)23-16(8-12(3)22-23)21-17(25)13-5-6-15(30(4,28)29)14(9-13)24(26)27/h5-9H,1-4H3,(H,21,25). The van der Waals surface area contributed by atoms with Gasteiger partial charge in [-0.2, -0.15) is 9.78 Å². The van der Waals surface area contributed by atoms with E-state index in [0.29, 0.717) is 5.69 Å². The Hall–Kier alpha value is -3.67. The van der Waals surface area contributed by atoms with E-state index in [-0.39, 0.29) is 17.3 Å². The molecule has 1 amide bonds. The third kappa shape index (κ3) is 4.33. The second kappa shape index (κ2) is 7.63. The summed E-state index contributed by atoms with van der Waals surface area (Å²) in [6, 6.07) is 6.56. The molecular weight excluding hydrogens is 412 g/mol. The van der Waals surface area contributed by atoms with Crippen LogP contribution in [-0.4, -0.2) is 45.3 Å². The van der Waals surface area contributed by atoms with Gasteiger partial charge in [-0.1, -0.05) is 0 Å². The number of nitro groups is 1. The molecule has 1 N–H and O–H groups in total. The molecule has 0 spiro atoms. The Balaban J connectivity index is 2.00. The fourth-order valence-corrected chi connectivity index (χ4v) is 3.67. The molecule has 0 saturated carbocycles. The normalized spacial score (nSPS) is 11.3. The van der Waals surface area contributed by atoms with Crippen molar-refractivity contribution in [2.45, 2.75) is 25.7 Å². The van der Waals surface area contributed by atoms with E-state index in [4.69, 9.17) is 0 Å². The van der Waals surface area contributed by atoms with Crippen LogP contribution in [0.3, 0.4) is 0 Å². The number of sulfone groups is 1. The van der Waals surface area contributed by atoms with Crippen LogP contribution in [-0.2, 0) is 9.84 Å². The number of hydrogen-bond acceptors (Lipinski definition) is 8. The number of amides is 1. The highest BCUT2D eigenvalue weighted by atomic mass is 32.2. The van der Waals surface area contributed by atoms with Gasteiger partial charge in [0.15, 0.2) is 9.84 Å². The predicted octanol–water partition coefficient (Wildman–Crippen LogP) is 2.15. The highest BCUT2D eigenvalue weighted by molar-refractivity contribution is 7.90. The molecule has 0 bridgehead atoms. The van der Waals surface area contributed by atoms with E-state index in [9.17, 15) is 23.3 Å². The molecule has 0 radical (unpaired) electrons. The Morgan fingerprint density at radius 3 is 2.27 bits per heavy atom. The molecule has 2 aromatic heterocycles. The number of anilines is 1. The topological polar surface area (TPSA) is 150 Å². The molecule has 30 heavy (non-hydrogen) atoms. The molecule has 0 fully saturated rings. The van der Waals surface area contributed by atoms with Gasteiger partial charge in [-0.25, -0.2) is 18.4 Å². The Labute approximate surface area is 171 Å². The average Bonchev–Trinajstić information content (AvgIpc) is 2.99. The minimum atomic E-state index is -3.83. The molecule has 3 aromatic rings. The minimum Gasteiger partial charge on any atom is -0.306 e. The Morgan fingerprint density at radius 1 is 1.07 bits per heavy atom. The number of hydrogen-bond donors (Lipinski definition) is 1. The molecule has 11 nitrogen and oxygen atoms in total. The lowest BCUT2D eigenvalue weighted by atomic mass is 10.2. The fourth-order valence-electron chi connectivity index (χ4n) is 2.85. The first-order chi connectivity index (χ1) is 14.0. The zero-order chi connectivity index (χ0) is 22.2. The molecule has 0 atom stereocenters. The van der Waals surface area contributed by atoms with Gasteiger partial charge in [0, 0.05) is 35.3 Å². The zero-order valence-electron chi connectivity index (χ0n) is 16.6. The molecule has 0 aliphatic rings. The quantitative estimate of drug-likeness (QED) is 0.478. The van der Waals surface area contributed by atoms with E-state index in [0.717, 1.165) is 29.8 Å². The van der Waals surface area contributed by atoms with Crippen molar-refractivity contribution < 1.29 is 18.1 Å². The maximum atomic E-state index is 12.7. The number of carbonyl (C=O) groups excluding carboxylic acids is 1. The van der Waals surface area contributed by atoms with Gasteiger partial charge in [0.25, 0.3) is 17.5 Å². The summed E-state index contributed by atoms with van der Waals surface area (Å²) in [6.45, 7) is 5.32. The maximum absolute atomic E-state index is 12.7. The second-order valence-electron chi connectivity index (χ2n) is 6.70. The Kier molecular flexibility index (Phi) is 5.35. The van der Waals surface area contributed by atoms with Crippen LogP contribution in [0, 0.1) is 30.9 Å². The first-order valence-electron chi connectivity index (χ1n) is 8.65. The summed E-state index contributed by atoms with van der Waals surface area (Å²) in [7, 11) is -3.83. The predicted molar refractivity (Wildman–Crippen MR) is 108 cm³/mol. The summed E-state index contributed by atoms with van der Waals surface area (Å²) in [5.41, 5.74) is 1.27. The van der Waals surface area contributed by atoms with Crippen molar-refractivity contribution in [2.24, 2.45) is 0 Å². The van der Waals surface area contributed by atoms with Gasteiger partial charge < -0.3 is 5.32 Å². The van der Waals surface area contributed by atoms with Crippen LogP contribution in [0.15, 0.2) is 35.2 Å². The van der Waals surface area contributed by atoms with Crippen LogP contribution in [0.2, 0.25) is 0 Å². The molecule has 156 valence electrons. The Morgan fingerprint density at radius 2 is 1.70 bits per heavy atom. The summed E-state index contributed by atoms with van der Waals surface area (Å²) < 4.78 is 24.9. The number of rotatable bonds is 5. The van der Waals surface area contributed by atoms with Crippen LogP contribution in [0.1, 0.15) is 27.4 Å². The first-order valence-corrected chi connectivity index (χ1v) is 10.5. The van der Waals surface area contributed by atoms with Crippen LogP contribution in [0.25, 0.3) is 5.95 Å². The summed E-state index contributed by atoms with van der Waals surface area (Å²) in [5.74, 6) is -0.157. The lowest BCUT2D eigenvalue weighted by molar-refractivity contribution is -0.387. The second-order valence-corrected chi connectivity index (χ2v) is 8.68. The van der Waals surface area contributed by atoms with Crippen LogP contribution >= 0.6 is 0 Å². The average molecular weight is 430 g/mol. The number of nitro benzene ring substituents is 1. The van der Waals surface area contributed by atoms with Crippen molar-refractivity contribution in [3.63, 3.8) is 0 Å². The van der Waals surface area contributed by atoms with Crippen molar-refractivity contribution in [2.75, 3.05) is 11.6 Å². The van der Waals surface area contributed by atoms with Crippen LogP contribution < -0.4 is 5.32 Å². The number of benzene rings is 1. The maximum Gasteiger partial charge on any atom is 0.288 e. The zero-order valence-corrected chi connectivity index (χ0v) is 17.4. The summed E-state index contributed by atoms with van der Waals surface area (Å²) >= 11 is 0. The molecule has 1 aromatic carbocycles. The van der Waals surface area contributed by atoms with Crippen molar-refractivity contribution >= 4 is 27.2 Å². The van der Waals surface area contributed by atoms with Crippen molar-refractivity contribution in [3.8, 4) is 5.95 Å². The molecule has 0 aliphatic heterocycles. The summed E-state index contributed by atoms with van der Waals surface area (Å²) in [4.78, 5) is 31.3. The van der Waals surface area contributed by atoms with E-state index in [1.54, 1.807) is 32.9 Å². The third-order valence-electron chi connectivity index (χ3n) is 4.05. The lowest BCUT2D eigenvalue weighted by Gasteiger charge is -2.09. The number of carbonyl (C=O) groups is 1. The van der Waals surface area contributed by atoms with Gasteiger partial charge in [0.05, 0.1) is 10.6 Å². The molecule has 0 saturated heterocycles. The molecule has 0 unspecified atom stereocenters. The monoisotopic (exact) mass is 430 g/mol. The number of nitrogens with one attached hydrogen (secondary N) is 1. The molecule has 2 heterocycles. The van der Waals surface area contributed by atoms with Gasteiger partial charge in [0.1, 0.15) is 10.7 Å². The van der Waals surface area contributed by atoms with Gasteiger partial charge in [-0.15, -0.1) is 0 Å². The van der Waals surface area contributed by atoms with Gasteiger partial charge in [0.2, 0.25) is 0 Å². The van der Waals surface area contributed by atoms with E-state index in [1.165, 1.54) is 10.7 Å². The molecule has 3 rings (SSSR count). The lowest BCUT2D eigenvalue weighted by Crippen LogP contribution is -2.17. The largest absolute Gasteiger partial charge is 0.306 e. The third-order valence-corrected chi connectivity index (χ3v) is 5.19. The van der Waals surface area contributed by atoms with Crippen LogP contribution in [0.5, 0.6) is 0 Å². The summed E-state index contributed by atoms with van der Waals surface area (Å²) in [6.07, 6.45) is 0.861. The number of nitrogens with zero attached hydrogens (tertiary/aromatic N) is 5. The minimum absolute atomic E-state index is 0.0826. The van der Waals surface area contributed by atoms with E-state index in [1.807, 2.05) is 0 Å². The smallest absolute Gasteiger partial charge is 0.288 e. The Bertz CT molecular complexity index is 1260. The highest BCUT2D eigenvalue weighted by Crippen LogP contribution is 2.25. The van der Waals surface area contributed by atoms with Gasteiger partial charge >= 0.3 is 0 Å². The fraction of sp³-hybridized carbons (Fsp3) is 0.222. The number of aryl methyl sites for hydroxylation is 3. The van der Waals surface area contributed by atoms with Crippen molar-refractivity contribution in [1.82, 2.24) is 19.7 Å². The van der Waals surface area contributed by atoms with Crippen molar-refractivity contribution in [1.29, 1.82) is 0 Å². The first kappa shape index (κ1) is 21.0. The molecule has 0 aliphatic carbocycles. The van der Waals surface area contributed by atoms with Gasteiger partial charge in [-0.05, 0) is 39.0 Å².